The first-order valence-electron chi connectivity index (χ1n) is 11.1. The lowest BCUT2D eigenvalue weighted by atomic mass is 9.94. The van der Waals surface area contributed by atoms with Crippen LogP contribution in [-0.2, 0) is 21.4 Å². The average Bonchev–Trinajstić information content (AvgIpc) is 3.55. The quantitative estimate of drug-likeness (QED) is 0.463. The summed E-state index contributed by atoms with van der Waals surface area (Å²) < 4.78 is 1.69. The average molecular weight is 440 g/mol. The van der Waals surface area contributed by atoms with Gasteiger partial charge in [0.1, 0.15) is 6.04 Å². The van der Waals surface area contributed by atoms with Crippen LogP contribution in [0.4, 0.5) is 0 Å². The molecule has 0 aliphatic heterocycles. The highest BCUT2D eigenvalue weighted by Gasteiger charge is 2.51. The highest BCUT2D eigenvalue weighted by atomic mass is 16.2. The molecule has 0 saturated heterocycles. The number of rotatable bonds is 7. The van der Waals surface area contributed by atoms with Gasteiger partial charge in [0.25, 0.3) is 0 Å². The number of fused-ring (bicyclic) bond motifs is 1. The van der Waals surface area contributed by atoms with Gasteiger partial charge in [-0.15, -0.1) is 5.10 Å². The van der Waals surface area contributed by atoms with Gasteiger partial charge in [-0.05, 0) is 41.3 Å². The maximum absolute atomic E-state index is 13.2. The van der Waals surface area contributed by atoms with E-state index in [0.29, 0.717) is 5.69 Å². The Morgan fingerprint density at radius 1 is 1.00 bits per heavy atom. The SMILES string of the molecule is CNC(=O)C(Cc1cn(-c2ccc3ccccc3c2)nn1)NC(=O)C1(c2ccccc2)CC1. The lowest BCUT2D eigenvalue weighted by molar-refractivity contribution is -0.130. The minimum absolute atomic E-state index is 0.121. The molecule has 0 spiro atoms. The number of hydrogen-bond acceptors (Lipinski definition) is 4. The third kappa shape index (κ3) is 4.09. The maximum Gasteiger partial charge on any atom is 0.242 e. The summed E-state index contributed by atoms with van der Waals surface area (Å²) in [5, 5.41) is 16.4. The van der Waals surface area contributed by atoms with Crippen LogP contribution in [0.1, 0.15) is 24.1 Å². The monoisotopic (exact) mass is 439 g/mol. The van der Waals surface area contributed by atoms with Crippen LogP contribution in [0, 0.1) is 0 Å². The summed E-state index contributed by atoms with van der Waals surface area (Å²) >= 11 is 0. The molecule has 1 aliphatic carbocycles. The molecule has 4 aromatic rings. The molecule has 7 heteroatoms. The predicted molar refractivity (Wildman–Crippen MR) is 126 cm³/mol. The van der Waals surface area contributed by atoms with Crippen LogP contribution < -0.4 is 10.6 Å². The number of nitrogens with one attached hydrogen (secondary N) is 2. The topological polar surface area (TPSA) is 88.9 Å². The summed E-state index contributed by atoms with van der Waals surface area (Å²) in [4.78, 5) is 25.7. The van der Waals surface area contributed by atoms with E-state index in [1.807, 2.05) is 66.7 Å². The number of benzene rings is 3. The third-order valence-corrected chi connectivity index (χ3v) is 6.33. The molecule has 1 fully saturated rings. The minimum Gasteiger partial charge on any atom is -0.357 e. The molecule has 7 nitrogen and oxygen atoms in total. The molecule has 3 aromatic carbocycles. The van der Waals surface area contributed by atoms with Gasteiger partial charge in [-0.3, -0.25) is 9.59 Å². The first-order chi connectivity index (χ1) is 16.1. The number of nitrogens with zero attached hydrogens (tertiary/aromatic N) is 3. The summed E-state index contributed by atoms with van der Waals surface area (Å²) in [6.07, 6.45) is 3.61. The van der Waals surface area contributed by atoms with Gasteiger partial charge in [-0.1, -0.05) is 65.9 Å². The van der Waals surface area contributed by atoms with Crippen molar-refractivity contribution in [2.75, 3.05) is 7.05 Å². The number of carbonyl (C=O) groups is 2. The van der Waals surface area contributed by atoms with Crippen molar-refractivity contribution in [3.05, 3.63) is 90.3 Å². The van der Waals surface area contributed by atoms with Crippen molar-refractivity contribution < 1.29 is 9.59 Å². The van der Waals surface area contributed by atoms with Crippen molar-refractivity contribution in [1.82, 2.24) is 25.6 Å². The van der Waals surface area contributed by atoms with E-state index in [4.69, 9.17) is 0 Å². The van der Waals surface area contributed by atoms with Crippen molar-refractivity contribution in [3.8, 4) is 5.69 Å². The molecular formula is C26H25N5O2. The zero-order chi connectivity index (χ0) is 22.8. The molecule has 1 aromatic heterocycles. The molecule has 1 aliphatic rings. The van der Waals surface area contributed by atoms with E-state index in [1.165, 1.54) is 0 Å². The van der Waals surface area contributed by atoms with Crippen molar-refractivity contribution in [2.24, 2.45) is 0 Å². The molecule has 1 saturated carbocycles. The van der Waals surface area contributed by atoms with Crippen LogP contribution in [0.2, 0.25) is 0 Å². The Kier molecular flexibility index (Phi) is 5.38. The van der Waals surface area contributed by atoms with Gasteiger partial charge in [0.15, 0.2) is 0 Å². The van der Waals surface area contributed by atoms with E-state index in [0.717, 1.165) is 34.9 Å². The summed E-state index contributed by atoms with van der Waals surface area (Å²) in [6, 6.07) is 23.2. The van der Waals surface area contributed by atoms with Crippen LogP contribution >= 0.6 is 0 Å². The van der Waals surface area contributed by atoms with Gasteiger partial charge in [-0.25, -0.2) is 4.68 Å². The molecule has 2 amide bonds. The second-order valence-electron chi connectivity index (χ2n) is 8.48. The number of hydrogen-bond donors (Lipinski definition) is 2. The second kappa shape index (κ2) is 8.50. The van der Waals surface area contributed by atoms with Gasteiger partial charge >= 0.3 is 0 Å². The molecular weight excluding hydrogens is 414 g/mol. The lowest BCUT2D eigenvalue weighted by Crippen LogP contribution is -2.50. The Labute approximate surface area is 191 Å². The fraction of sp³-hybridized carbons (Fsp3) is 0.231. The van der Waals surface area contributed by atoms with E-state index < -0.39 is 11.5 Å². The molecule has 1 unspecified atom stereocenters. The van der Waals surface area contributed by atoms with Gasteiger partial charge in [0.05, 0.1) is 23.0 Å². The van der Waals surface area contributed by atoms with Crippen molar-refractivity contribution in [1.29, 1.82) is 0 Å². The van der Waals surface area contributed by atoms with Crippen LogP contribution in [0.15, 0.2) is 79.0 Å². The highest BCUT2D eigenvalue weighted by molar-refractivity contribution is 5.95. The molecule has 166 valence electrons. The van der Waals surface area contributed by atoms with E-state index in [-0.39, 0.29) is 18.2 Å². The number of amides is 2. The number of aromatic nitrogens is 3. The van der Waals surface area contributed by atoms with E-state index in [9.17, 15) is 9.59 Å². The fourth-order valence-electron chi connectivity index (χ4n) is 4.26. The zero-order valence-electron chi connectivity index (χ0n) is 18.4. The Morgan fingerprint density at radius 3 is 2.45 bits per heavy atom. The zero-order valence-corrected chi connectivity index (χ0v) is 18.4. The second-order valence-corrected chi connectivity index (χ2v) is 8.48. The number of likely N-dealkylation sites (N-methyl/N-ethyl adjacent to an activating group) is 1. The summed E-state index contributed by atoms with van der Waals surface area (Å²) in [6.45, 7) is 0. The van der Waals surface area contributed by atoms with E-state index in [1.54, 1.807) is 17.9 Å². The van der Waals surface area contributed by atoms with Crippen LogP contribution in [0.3, 0.4) is 0 Å². The third-order valence-electron chi connectivity index (χ3n) is 6.33. The largest absolute Gasteiger partial charge is 0.357 e. The molecule has 0 radical (unpaired) electrons. The Morgan fingerprint density at radius 2 is 1.73 bits per heavy atom. The van der Waals surface area contributed by atoms with Crippen LogP contribution in [0.25, 0.3) is 16.5 Å². The van der Waals surface area contributed by atoms with Gasteiger partial charge in [0, 0.05) is 13.5 Å². The first kappa shape index (κ1) is 20.9. The van der Waals surface area contributed by atoms with Crippen LogP contribution in [0.5, 0.6) is 0 Å². The number of carbonyl (C=O) groups excluding carboxylic acids is 2. The van der Waals surface area contributed by atoms with E-state index in [2.05, 4.69) is 27.0 Å². The normalized spacial score (nSPS) is 15.1. The van der Waals surface area contributed by atoms with Crippen LogP contribution in [-0.4, -0.2) is 39.9 Å². The molecule has 2 N–H and O–H groups in total. The lowest BCUT2D eigenvalue weighted by Gasteiger charge is -2.21. The summed E-state index contributed by atoms with van der Waals surface area (Å²) in [5.41, 5.74) is 1.95. The van der Waals surface area contributed by atoms with Gasteiger partial charge in [-0.2, -0.15) is 0 Å². The van der Waals surface area contributed by atoms with Crippen molar-refractivity contribution >= 4 is 22.6 Å². The Bertz CT molecular complexity index is 1310. The summed E-state index contributed by atoms with van der Waals surface area (Å²) in [7, 11) is 1.57. The van der Waals surface area contributed by atoms with E-state index >= 15 is 0 Å². The molecule has 1 atom stereocenters. The van der Waals surface area contributed by atoms with Crippen molar-refractivity contribution in [2.45, 2.75) is 30.7 Å². The highest BCUT2D eigenvalue weighted by Crippen LogP contribution is 2.48. The standard InChI is InChI=1S/C26H25N5O2/c1-27-24(32)23(28-25(33)26(13-14-26)20-9-3-2-4-10-20)16-21-17-31(30-29-21)22-12-11-18-7-5-6-8-19(18)15-22/h2-12,15,17,23H,13-14,16H2,1H3,(H,27,32)(H,28,33). The molecule has 1 heterocycles. The smallest absolute Gasteiger partial charge is 0.242 e. The summed E-state index contributed by atoms with van der Waals surface area (Å²) in [5.74, 6) is -0.378. The molecule has 5 rings (SSSR count). The Balaban J connectivity index is 1.34. The predicted octanol–water partition coefficient (Wildman–Crippen LogP) is 2.93. The van der Waals surface area contributed by atoms with Gasteiger partial charge < -0.3 is 10.6 Å². The van der Waals surface area contributed by atoms with Gasteiger partial charge in [0.2, 0.25) is 11.8 Å². The maximum atomic E-state index is 13.2. The fourth-order valence-corrected chi connectivity index (χ4v) is 4.26. The van der Waals surface area contributed by atoms with Crippen molar-refractivity contribution in [3.63, 3.8) is 0 Å². The molecule has 0 bridgehead atoms. The molecule has 33 heavy (non-hydrogen) atoms. The first-order valence-corrected chi connectivity index (χ1v) is 11.1. The Hall–Kier alpha value is -4.00. The minimum atomic E-state index is -0.731.